The predicted octanol–water partition coefficient (Wildman–Crippen LogP) is 0.589. The number of amides is 1. The summed E-state index contributed by atoms with van der Waals surface area (Å²) in [5.41, 5.74) is -0.0636. The third-order valence-electron chi connectivity index (χ3n) is 3.67. The molecule has 1 aromatic rings. The minimum absolute atomic E-state index is 0.0517. The van der Waals surface area contributed by atoms with Gasteiger partial charge < -0.3 is 10.4 Å². The summed E-state index contributed by atoms with van der Waals surface area (Å²) >= 11 is 1.05. The molecule has 0 unspecified atom stereocenters. The molecule has 1 aliphatic rings. The molecule has 1 saturated carbocycles. The Morgan fingerprint density at radius 1 is 1.53 bits per heavy atom. The van der Waals surface area contributed by atoms with Gasteiger partial charge in [0.05, 0.1) is 5.41 Å². The Balaban J connectivity index is 1.92. The summed E-state index contributed by atoms with van der Waals surface area (Å²) in [4.78, 5) is 34.2. The molecule has 0 aliphatic heterocycles. The Morgan fingerprint density at radius 2 is 2.21 bits per heavy atom. The molecule has 19 heavy (non-hydrogen) atoms. The molecule has 1 aliphatic carbocycles. The van der Waals surface area contributed by atoms with Crippen LogP contribution in [0.25, 0.3) is 0 Å². The lowest BCUT2D eigenvalue weighted by atomic mass is 9.69. The van der Waals surface area contributed by atoms with Crippen LogP contribution in [-0.2, 0) is 16.1 Å². The quantitative estimate of drug-likeness (QED) is 0.828. The summed E-state index contributed by atoms with van der Waals surface area (Å²) in [6, 6.07) is 0. The summed E-state index contributed by atoms with van der Waals surface area (Å²) in [5, 5.41) is 13.5. The maximum atomic E-state index is 11.8. The van der Waals surface area contributed by atoms with Gasteiger partial charge in [-0.1, -0.05) is 17.8 Å². The van der Waals surface area contributed by atoms with E-state index in [2.05, 4.69) is 5.32 Å². The van der Waals surface area contributed by atoms with Crippen LogP contribution < -0.4 is 10.2 Å². The highest BCUT2D eigenvalue weighted by Crippen LogP contribution is 2.40. The number of nitrogens with one attached hydrogen (secondary N) is 1. The lowest BCUT2D eigenvalue weighted by Crippen LogP contribution is -2.48. The van der Waals surface area contributed by atoms with Gasteiger partial charge in [0.15, 0.2) is 0 Å². The number of thiazole rings is 1. The zero-order valence-electron chi connectivity index (χ0n) is 10.6. The number of carbonyl (C=O) groups excluding carboxylic acids is 1. The number of rotatable bonds is 5. The summed E-state index contributed by atoms with van der Waals surface area (Å²) in [7, 11) is 0. The number of nitrogens with zero attached hydrogens (tertiary/aromatic N) is 1. The average Bonchev–Trinajstić information content (AvgIpc) is 2.59. The largest absolute Gasteiger partial charge is 0.481 e. The molecule has 1 aromatic heterocycles. The second kappa shape index (κ2) is 5.16. The van der Waals surface area contributed by atoms with Crippen LogP contribution in [0.15, 0.2) is 10.2 Å². The van der Waals surface area contributed by atoms with Gasteiger partial charge in [-0.2, -0.15) is 0 Å². The van der Waals surface area contributed by atoms with Gasteiger partial charge in [0, 0.05) is 17.6 Å². The van der Waals surface area contributed by atoms with Crippen molar-refractivity contribution in [1.29, 1.82) is 0 Å². The minimum atomic E-state index is -0.858. The number of carboxylic acid groups (broad SMARTS) is 1. The van der Waals surface area contributed by atoms with Gasteiger partial charge in [-0.25, -0.2) is 0 Å². The van der Waals surface area contributed by atoms with Gasteiger partial charge in [-0.15, -0.1) is 0 Å². The maximum absolute atomic E-state index is 11.8. The molecule has 0 atom stereocenters. The number of carbonyl (C=O) groups is 2. The first-order valence-electron chi connectivity index (χ1n) is 6.10. The first kappa shape index (κ1) is 13.8. The molecule has 2 rings (SSSR count). The predicted molar refractivity (Wildman–Crippen MR) is 70.2 cm³/mol. The summed E-state index contributed by atoms with van der Waals surface area (Å²) in [5.74, 6) is -1.18. The Morgan fingerprint density at radius 3 is 2.63 bits per heavy atom. The Bertz CT molecular complexity index is 556. The third kappa shape index (κ3) is 2.70. The van der Waals surface area contributed by atoms with E-state index < -0.39 is 11.4 Å². The molecule has 1 fully saturated rings. The van der Waals surface area contributed by atoms with E-state index in [1.54, 1.807) is 12.3 Å². The molecule has 0 radical (unpaired) electrons. The van der Waals surface area contributed by atoms with Crippen molar-refractivity contribution in [2.24, 2.45) is 5.41 Å². The molecular weight excluding hydrogens is 268 g/mol. The average molecular weight is 284 g/mol. The van der Waals surface area contributed by atoms with Crippen LogP contribution in [0.1, 0.15) is 25.0 Å². The smallest absolute Gasteiger partial charge is 0.311 e. The van der Waals surface area contributed by atoms with Crippen molar-refractivity contribution < 1.29 is 14.7 Å². The molecule has 2 N–H and O–H groups in total. The molecule has 104 valence electrons. The van der Waals surface area contributed by atoms with E-state index >= 15 is 0 Å². The first-order chi connectivity index (χ1) is 8.94. The molecule has 0 spiro atoms. The third-order valence-corrected chi connectivity index (χ3v) is 4.55. The summed E-state index contributed by atoms with van der Waals surface area (Å²) in [6.07, 6.45) is 2.07. The van der Waals surface area contributed by atoms with Crippen molar-refractivity contribution in [2.45, 2.75) is 32.7 Å². The van der Waals surface area contributed by atoms with Gasteiger partial charge in [0.1, 0.15) is 6.54 Å². The number of aromatic nitrogens is 1. The fourth-order valence-corrected chi connectivity index (χ4v) is 2.87. The normalized spacial score (nSPS) is 16.7. The Labute approximate surface area is 114 Å². The molecule has 0 aromatic carbocycles. The fourth-order valence-electron chi connectivity index (χ4n) is 2.13. The Kier molecular flexibility index (Phi) is 3.75. The van der Waals surface area contributed by atoms with E-state index in [4.69, 9.17) is 5.11 Å². The van der Waals surface area contributed by atoms with Crippen molar-refractivity contribution in [3.63, 3.8) is 0 Å². The molecule has 0 saturated heterocycles. The molecule has 0 bridgehead atoms. The van der Waals surface area contributed by atoms with Gasteiger partial charge >= 0.3 is 10.8 Å². The van der Waals surface area contributed by atoms with E-state index in [-0.39, 0.29) is 23.9 Å². The molecule has 7 heteroatoms. The van der Waals surface area contributed by atoms with Crippen LogP contribution in [0, 0.1) is 12.3 Å². The van der Waals surface area contributed by atoms with Crippen LogP contribution in [0.5, 0.6) is 0 Å². The Hall–Kier alpha value is -1.63. The van der Waals surface area contributed by atoms with Gasteiger partial charge in [-0.3, -0.25) is 19.0 Å². The number of hydrogen-bond donors (Lipinski definition) is 2. The summed E-state index contributed by atoms with van der Waals surface area (Å²) < 4.78 is 1.38. The summed E-state index contributed by atoms with van der Waals surface area (Å²) in [6.45, 7) is 1.85. The second-order valence-electron chi connectivity index (χ2n) is 4.94. The topological polar surface area (TPSA) is 88.4 Å². The van der Waals surface area contributed by atoms with Gasteiger partial charge in [0.25, 0.3) is 0 Å². The van der Waals surface area contributed by atoms with E-state index in [0.717, 1.165) is 23.5 Å². The second-order valence-corrected chi connectivity index (χ2v) is 5.77. The zero-order valence-corrected chi connectivity index (χ0v) is 11.5. The van der Waals surface area contributed by atoms with Gasteiger partial charge in [0.2, 0.25) is 5.91 Å². The molecule has 1 heterocycles. The lowest BCUT2D eigenvalue weighted by molar-refractivity contribution is -0.154. The highest BCUT2D eigenvalue weighted by atomic mass is 32.1. The number of hydrogen-bond acceptors (Lipinski definition) is 4. The maximum Gasteiger partial charge on any atom is 0.311 e. The fraction of sp³-hybridized carbons (Fsp3) is 0.583. The van der Waals surface area contributed by atoms with Crippen molar-refractivity contribution in [3.8, 4) is 0 Å². The highest BCUT2D eigenvalue weighted by Gasteiger charge is 2.44. The molecule has 1 amide bonds. The van der Waals surface area contributed by atoms with Crippen LogP contribution in [-0.4, -0.2) is 28.1 Å². The monoisotopic (exact) mass is 284 g/mol. The van der Waals surface area contributed by atoms with E-state index in [1.165, 1.54) is 4.57 Å². The zero-order chi connectivity index (χ0) is 14.0. The van der Waals surface area contributed by atoms with Crippen LogP contribution >= 0.6 is 11.3 Å². The number of aryl methyl sites for hydroxylation is 1. The number of carboxylic acids is 1. The van der Waals surface area contributed by atoms with Crippen molar-refractivity contribution >= 4 is 23.2 Å². The van der Waals surface area contributed by atoms with Crippen molar-refractivity contribution in [1.82, 2.24) is 9.88 Å². The van der Waals surface area contributed by atoms with Crippen molar-refractivity contribution in [2.75, 3.05) is 6.54 Å². The number of aliphatic carboxylic acids is 1. The van der Waals surface area contributed by atoms with Crippen LogP contribution in [0.2, 0.25) is 0 Å². The van der Waals surface area contributed by atoms with Crippen LogP contribution in [0.3, 0.4) is 0 Å². The van der Waals surface area contributed by atoms with E-state index in [0.29, 0.717) is 12.8 Å². The lowest BCUT2D eigenvalue weighted by Gasteiger charge is -2.37. The first-order valence-corrected chi connectivity index (χ1v) is 6.98. The SMILES string of the molecule is Cc1csc(=O)n1CC(=O)NCC1(C(=O)O)CCC1. The van der Waals surface area contributed by atoms with Gasteiger partial charge in [-0.05, 0) is 19.8 Å². The van der Waals surface area contributed by atoms with E-state index in [1.807, 2.05) is 0 Å². The highest BCUT2D eigenvalue weighted by molar-refractivity contribution is 7.07. The van der Waals surface area contributed by atoms with Crippen molar-refractivity contribution in [3.05, 3.63) is 20.7 Å². The van der Waals surface area contributed by atoms with E-state index in [9.17, 15) is 14.4 Å². The van der Waals surface area contributed by atoms with Crippen LogP contribution in [0.4, 0.5) is 0 Å². The molecular formula is C12H16N2O4S. The molecule has 6 nitrogen and oxygen atoms in total. The minimum Gasteiger partial charge on any atom is -0.481 e. The standard InChI is InChI=1S/C12H16N2O4S/c1-8-6-19-11(18)14(8)5-9(15)13-7-12(10(16)17)3-2-4-12/h6H,2-5,7H2,1H3,(H,13,15)(H,16,17).